The second-order valence-corrected chi connectivity index (χ2v) is 5.09. The van der Waals surface area contributed by atoms with Crippen LogP contribution in [-0.4, -0.2) is 40.9 Å². The number of nitrogens with zero attached hydrogens (tertiary/aromatic N) is 3. The van der Waals surface area contributed by atoms with E-state index in [0.29, 0.717) is 16.9 Å². The quantitative estimate of drug-likeness (QED) is 0.527. The summed E-state index contributed by atoms with van der Waals surface area (Å²) in [5.74, 6) is 0.292. The molecule has 0 aliphatic rings. The van der Waals surface area contributed by atoms with Gasteiger partial charge in [0.25, 0.3) is 0 Å². The summed E-state index contributed by atoms with van der Waals surface area (Å²) in [6, 6.07) is 0. The van der Waals surface area contributed by atoms with Crippen LogP contribution in [0.2, 0.25) is 0 Å². The van der Waals surface area contributed by atoms with Crippen LogP contribution in [0.25, 0.3) is 11.0 Å². The van der Waals surface area contributed by atoms with Gasteiger partial charge in [0.15, 0.2) is 5.65 Å². The monoisotopic (exact) mass is 257 g/mol. The fraction of sp³-hybridized carbons (Fsp3) is 0.286. The number of anilines is 2. The van der Waals surface area contributed by atoms with Crippen LogP contribution >= 0.6 is 0 Å². The number of hydrogen-bond donors (Lipinski definition) is 4. The van der Waals surface area contributed by atoms with Gasteiger partial charge in [0.2, 0.25) is 16.0 Å². The molecule has 2 aromatic rings. The largest absolute Gasteiger partial charge is 0.368 e. The highest BCUT2D eigenvalue weighted by Crippen LogP contribution is 2.18. The smallest absolute Gasteiger partial charge is 0.224 e. The summed E-state index contributed by atoms with van der Waals surface area (Å²) < 4.78 is 21.5. The minimum atomic E-state index is -3.50. The molecule has 0 fully saturated rings. The van der Waals surface area contributed by atoms with Gasteiger partial charge < -0.3 is 11.1 Å². The van der Waals surface area contributed by atoms with Crippen LogP contribution in [0.1, 0.15) is 0 Å². The number of aromatic amines is 1. The summed E-state index contributed by atoms with van der Waals surface area (Å²) in [7, 11) is -3.50. The lowest BCUT2D eigenvalue weighted by molar-refractivity contribution is 0.598. The van der Waals surface area contributed by atoms with Gasteiger partial charge in [-0.25, -0.2) is 13.6 Å². The number of nitrogen functional groups attached to an aromatic ring is 1. The Labute approximate surface area is 96.7 Å². The van der Waals surface area contributed by atoms with Crippen molar-refractivity contribution < 1.29 is 8.42 Å². The van der Waals surface area contributed by atoms with Gasteiger partial charge in [-0.1, -0.05) is 0 Å². The van der Waals surface area contributed by atoms with Crippen LogP contribution < -0.4 is 16.2 Å². The van der Waals surface area contributed by atoms with Crippen LogP contribution in [0, 0.1) is 0 Å². The number of nitrogens with two attached hydrogens (primary N) is 2. The fourth-order valence-corrected chi connectivity index (χ4v) is 1.69. The van der Waals surface area contributed by atoms with E-state index in [1.165, 1.54) is 6.20 Å². The summed E-state index contributed by atoms with van der Waals surface area (Å²) in [6.07, 6.45) is 1.52. The molecule has 0 aromatic carbocycles. The normalized spacial score (nSPS) is 11.8. The van der Waals surface area contributed by atoms with E-state index >= 15 is 0 Å². The maximum Gasteiger partial charge on any atom is 0.224 e. The molecular formula is C7H11N7O2S. The fourth-order valence-electron chi connectivity index (χ4n) is 1.30. The van der Waals surface area contributed by atoms with Crippen LogP contribution in [0.5, 0.6) is 0 Å². The number of fused-ring (bicyclic) bond motifs is 1. The highest BCUT2D eigenvalue weighted by molar-refractivity contribution is 7.89. The molecule has 2 rings (SSSR count). The average Bonchev–Trinajstić information content (AvgIpc) is 2.63. The molecule has 0 spiro atoms. The SMILES string of the molecule is Nc1nc(NCCS(N)(=O)=O)c2cn[nH]c2n1. The topological polar surface area (TPSA) is 153 Å². The van der Waals surface area contributed by atoms with Crippen molar-refractivity contribution in [2.24, 2.45) is 5.14 Å². The van der Waals surface area contributed by atoms with Crippen LogP contribution in [0.15, 0.2) is 6.20 Å². The zero-order valence-corrected chi connectivity index (χ0v) is 9.53. The third-order valence-corrected chi connectivity index (χ3v) is 2.78. The third kappa shape index (κ3) is 2.79. The Kier molecular flexibility index (Phi) is 2.81. The van der Waals surface area contributed by atoms with E-state index in [1.54, 1.807) is 0 Å². The van der Waals surface area contributed by atoms with Gasteiger partial charge in [-0.3, -0.25) is 5.10 Å². The highest BCUT2D eigenvalue weighted by Gasteiger charge is 2.08. The van der Waals surface area contributed by atoms with Gasteiger partial charge in [-0.15, -0.1) is 0 Å². The number of rotatable bonds is 4. The minimum absolute atomic E-state index is 0.0693. The molecule has 6 N–H and O–H groups in total. The predicted molar refractivity (Wildman–Crippen MR) is 62.6 cm³/mol. The summed E-state index contributed by atoms with van der Waals surface area (Å²) in [5, 5.41) is 14.8. The summed E-state index contributed by atoms with van der Waals surface area (Å²) >= 11 is 0. The summed E-state index contributed by atoms with van der Waals surface area (Å²) in [5.41, 5.74) is 5.97. The molecule has 0 unspecified atom stereocenters. The summed E-state index contributed by atoms with van der Waals surface area (Å²) in [4.78, 5) is 7.87. The Hall–Kier alpha value is -1.94. The van der Waals surface area contributed by atoms with Gasteiger partial charge in [-0.2, -0.15) is 15.1 Å². The van der Waals surface area contributed by atoms with Crippen molar-refractivity contribution in [3.05, 3.63) is 6.20 Å². The summed E-state index contributed by atoms with van der Waals surface area (Å²) in [6.45, 7) is 0.134. The Balaban J connectivity index is 2.20. The molecule has 0 saturated carbocycles. The molecule has 92 valence electrons. The number of sulfonamides is 1. The standard InChI is InChI=1S/C7H11N7O2S/c8-7-12-5(10-1-2-17(9,15)16)4-3-11-14-6(4)13-7/h3H,1-2H2,(H2,9,15,16)(H4,8,10,11,12,13,14). The third-order valence-electron chi connectivity index (χ3n) is 2.01. The minimum Gasteiger partial charge on any atom is -0.368 e. The molecule has 17 heavy (non-hydrogen) atoms. The zero-order valence-electron chi connectivity index (χ0n) is 8.71. The van der Waals surface area contributed by atoms with Gasteiger partial charge in [0, 0.05) is 6.54 Å². The second-order valence-electron chi connectivity index (χ2n) is 3.36. The van der Waals surface area contributed by atoms with Gasteiger partial charge in [0.1, 0.15) is 5.82 Å². The van der Waals surface area contributed by atoms with Crippen molar-refractivity contribution in [1.82, 2.24) is 20.2 Å². The second kappa shape index (κ2) is 4.14. The molecule has 2 aromatic heterocycles. The maximum atomic E-state index is 10.8. The van der Waals surface area contributed by atoms with E-state index in [4.69, 9.17) is 10.9 Å². The van der Waals surface area contributed by atoms with Crippen molar-refractivity contribution in [3.63, 3.8) is 0 Å². The van der Waals surface area contributed by atoms with E-state index in [2.05, 4.69) is 25.5 Å². The van der Waals surface area contributed by atoms with E-state index in [-0.39, 0.29) is 18.2 Å². The molecule has 0 atom stereocenters. The van der Waals surface area contributed by atoms with E-state index < -0.39 is 10.0 Å². The van der Waals surface area contributed by atoms with Gasteiger partial charge in [-0.05, 0) is 0 Å². The molecule has 0 bridgehead atoms. The zero-order chi connectivity index (χ0) is 12.5. The number of aromatic nitrogens is 4. The first-order valence-corrected chi connectivity index (χ1v) is 6.38. The Morgan fingerprint density at radius 3 is 2.88 bits per heavy atom. The van der Waals surface area contributed by atoms with Gasteiger partial charge in [0.05, 0.1) is 17.3 Å². The highest BCUT2D eigenvalue weighted by atomic mass is 32.2. The Bertz CT molecular complexity index is 635. The first-order chi connectivity index (χ1) is 7.96. The predicted octanol–water partition coefficient (Wildman–Crippen LogP) is -1.36. The molecule has 0 saturated heterocycles. The number of H-pyrrole nitrogens is 1. The van der Waals surface area contributed by atoms with E-state index in [0.717, 1.165) is 0 Å². The lowest BCUT2D eigenvalue weighted by Gasteiger charge is -2.05. The van der Waals surface area contributed by atoms with Crippen molar-refractivity contribution in [3.8, 4) is 0 Å². The molecule has 2 heterocycles. The molecule has 10 heteroatoms. The Morgan fingerprint density at radius 1 is 1.41 bits per heavy atom. The van der Waals surface area contributed by atoms with Gasteiger partial charge >= 0.3 is 0 Å². The molecule has 0 amide bonds. The van der Waals surface area contributed by atoms with Crippen LogP contribution in [-0.2, 0) is 10.0 Å². The number of nitrogens with one attached hydrogen (secondary N) is 2. The first kappa shape index (κ1) is 11.5. The van der Waals surface area contributed by atoms with Crippen molar-refractivity contribution in [2.45, 2.75) is 0 Å². The molecule has 0 aliphatic carbocycles. The number of primary sulfonamides is 1. The first-order valence-electron chi connectivity index (χ1n) is 4.66. The van der Waals surface area contributed by atoms with Crippen LogP contribution in [0.3, 0.4) is 0 Å². The molecule has 0 aliphatic heterocycles. The lowest BCUT2D eigenvalue weighted by Crippen LogP contribution is -2.22. The van der Waals surface area contributed by atoms with Crippen molar-refractivity contribution in [2.75, 3.05) is 23.3 Å². The lowest BCUT2D eigenvalue weighted by atomic mass is 10.4. The Morgan fingerprint density at radius 2 is 2.18 bits per heavy atom. The van der Waals surface area contributed by atoms with Crippen molar-refractivity contribution in [1.29, 1.82) is 0 Å². The van der Waals surface area contributed by atoms with Crippen LogP contribution in [0.4, 0.5) is 11.8 Å². The van der Waals surface area contributed by atoms with Crippen molar-refractivity contribution >= 4 is 32.8 Å². The van der Waals surface area contributed by atoms with E-state index in [1.807, 2.05) is 0 Å². The molecule has 9 nitrogen and oxygen atoms in total. The maximum absolute atomic E-state index is 10.8. The molecular weight excluding hydrogens is 246 g/mol. The molecule has 0 radical (unpaired) electrons. The average molecular weight is 257 g/mol. The van der Waals surface area contributed by atoms with E-state index in [9.17, 15) is 8.42 Å². The number of hydrogen-bond acceptors (Lipinski definition) is 7.